The van der Waals surface area contributed by atoms with Crippen LogP contribution in [-0.4, -0.2) is 80.5 Å². The summed E-state index contributed by atoms with van der Waals surface area (Å²) in [5, 5.41) is 43.1. The molecule has 2 unspecified atom stereocenters. The van der Waals surface area contributed by atoms with E-state index in [1.54, 1.807) is 18.2 Å². The molecule has 0 spiro atoms. The Morgan fingerprint density at radius 3 is 1.77 bits per heavy atom. The number of benzene rings is 5. The molecule has 0 aliphatic rings. The van der Waals surface area contributed by atoms with Crippen LogP contribution in [0.4, 0.5) is 22.7 Å². The summed E-state index contributed by atoms with van der Waals surface area (Å²) in [5.41, 5.74) is 4.86. The SMILES string of the molecule is CC(=O)Nc1cc([As](=O)(O)OS(=O)(=O)c2ccc3c(O)c(N=Nc4ccccc4CN)c(S(=O)(=O)O[As](=O)(O)c4ccc(O)c(NC(C)=O)c4)cc3c2)ccc1O. The van der Waals surface area contributed by atoms with Crippen molar-refractivity contribution in [2.24, 2.45) is 16.0 Å². The number of phenols is 3. The third kappa shape index (κ3) is 9.64. The molecule has 2 amide bonds. The summed E-state index contributed by atoms with van der Waals surface area (Å²) in [4.78, 5) is 21.1. The van der Waals surface area contributed by atoms with Gasteiger partial charge in [-0.2, -0.15) is 0 Å². The maximum absolute atomic E-state index is 13.9. The number of carbonyl (C=O) groups is 2. The molecule has 0 radical (unpaired) electrons. The number of hydrogen-bond donors (Lipinski definition) is 8. The Labute approximate surface area is 329 Å². The van der Waals surface area contributed by atoms with Gasteiger partial charge < -0.3 is 0 Å². The van der Waals surface area contributed by atoms with Crippen molar-refractivity contribution in [2.45, 2.75) is 30.2 Å². The number of nitrogens with one attached hydrogen (secondary N) is 2. The number of hydrogen-bond acceptors (Lipinski definition) is 16. The molecule has 0 bridgehead atoms. The molecule has 5 rings (SSSR count). The molecule has 0 aliphatic carbocycles. The van der Waals surface area contributed by atoms with E-state index in [0.717, 1.165) is 74.5 Å². The summed E-state index contributed by atoms with van der Waals surface area (Å²) < 4.78 is 111. The third-order valence-electron chi connectivity index (χ3n) is 7.68. The monoisotopic (exact) mass is 951 g/mol. The second-order valence-electron chi connectivity index (χ2n) is 11.9. The van der Waals surface area contributed by atoms with Gasteiger partial charge in [0.25, 0.3) is 0 Å². The van der Waals surface area contributed by atoms with E-state index < -0.39 is 107 Å². The van der Waals surface area contributed by atoms with E-state index in [2.05, 4.69) is 20.9 Å². The van der Waals surface area contributed by atoms with Crippen molar-refractivity contribution in [1.82, 2.24) is 0 Å². The number of anilines is 2. The van der Waals surface area contributed by atoms with Gasteiger partial charge in [0.2, 0.25) is 0 Å². The van der Waals surface area contributed by atoms with Gasteiger partial charge in [-0.25, -0.2) is 0 Å². The molecule has 2 atom stereocenters. The first-order chi connectivity index (χ1) is 26.5. The first-order valence-electron chi connectivity index (χ1n) is 15.8. The van der Waals surface area contributed by atoms with Gasteiger partial charge in [-0.15, -0.1) is 0 Å². The number of rotatable bonds is 13. The molecule has 0 fully saturated rings. The van der Waals surface area contributed by atoms with Crippen LogP contribution in [0.25, 0.3) is 10.8 Å². The first-order valence-corrected chi connectivity index (χ1v) is 25.3. The molecule has 20 nitrogen and oxygen atoms in total. The van der Waals surface area contributed by atoms with Crippen molar-refractivity contribution in [3.63, 3.8) is 0 Å². The Kier molecular flexibility index (Phi) is 12.2. The van der Waals surface area contributed by atoms with Crippen LogP contribution in [0.5, 0.6) is 17.2 Å². The number of azo groups is 1. The van der Waals surface area contributed by atoms with E-state index in [4.69, 9.17) is 12.1 Å². The second-order valence-corrected chi connectivity index (χ2v) is 23.3. The van der Waals surface area contributed by atoms with Crippen LogP contribution in [0.1, 0.15) is 19.4 Å². The molecule has 0 saturated carbocycles. The van der Waals surface area contributed by atoms with Gasteiger partial charge in [0.1, 0.15) is 0 Å². The fourth-order valence-corrected chi connectivity index (χ4v) is 14.9. The summed E-state index contributed by atoms with van der Waals surface area (Å²) >= 11 is -12.3. The Balaban J connectivity index is 1.63. The van der Waals surface area contributed by atoms with Crippen LogP contribution in [0.15, 0.2) is 105 Å². The van der Waals surface area contributed by atoms with E-state index in [0.29, 0.717) is 5.56 Å². The fraction of sp³-hybridized carbons (Fsp3) is 0.0909. The quantitative estimate of drug-likeness (QED) is 0.0473. The van der Waals surface area contributed by atoms with Crippen molar-refractivity contribution < 1.29 is 63.8 Å². The zero-order valence-corrected chi connectivity index (χ0v) is 34.7. The minimum absolute atomic E-state index is 0.0268. The van der Waals surface area contributed by atoms with Crippen molar-refractivity contribution in [3.8, 4) is 17.2 Å². The third-order valence-corrected chi connectivity index (χ3v) is 19.1. The molecule has 0 aliphatic heterocycles. The molecule has 9 N–H and O–H groups in total. The molecular formula is C33H31As2N5O15S2. The van der Waals surface area contributed by atoms with Crippen LogP contribution in [0.2, 0.25) is 0 Å². The average molecular weight is 952 g/mol. The van der Waals surface area contributed by atoms with Gasteiger partial charge in [0, 0.05) is 0 Å². The minimum atomic E-state index is -6.25. The molecule has 300 valence electrons. The molecule has 0 heterocycles. The van der Waals surface area contributed by atoms with Crippen LogP contribution in [0, 0.1) is 0 Å². The number of amides is 2. The molecule has 5 aromatic rings. The summed E-state index contributed by atoms with van der Waals surface area (Å²) in [6, 6.07) is 14.8. The van der Waals surface area contributed by atoms with Gasteiger partial charge in [-0.1, -0.05) is 0 Å². The Hall–Kier alpha value is -5.28. The summed E-state index contributed by atoms with van der Waals surface area (Å²) in [5.74, 6) is -3.31. The maximum atomic E-state index is 13.9. The van der Waals surface area contributed by atoms with Crippen LogP contribution in [-0.2, 0) is 50.2 Å². The molecular weight excluding hydrogens is 920 g/mol. The number of nitrogens with zero attached hydrogens (tertiary/aromatic N) is 2. The molecule has 0 aromatic heterocycles. The Bertz CT molecular complexity index is 2820. The predicted octanol–water partition coefficient (Wildman–Crippen LogP) is 1.70. The Morgan fingerprint density at radius 1 is 0.719 bits per heavy atom. The van der Waals surface area contributed by atoms with E-state index in [1.807, 2.05) is 0 Å². The van der Waals surface area contributed by atoms with Crippen LogP contribution < -0.4 is 25.1 Å². The second kappa shape index (κ2) is 16.3. The van der Waals surface area contributed by atoms with Crippen molar-refractivity contribution >= 4 is 103 Å². The normalized spacial score (nSPS) is 14.2. The van der Waals surface area contributed by atoms with Gasteiger partial charge >= 0.3 is 331 Å². The number of nitrogens with two attached hydrogens (primary N) is 1. The summed E-state index contributed by atoms with van der Waals surface area (Å²) in [6.45, 7) is 2.14. The number of carbonyl (C=O) groups excluding carboxylic acids is 2. The topological polar surface area (TPSA) is 331 Å². The zero-order valence-electron chi connectivity index (χ0n) is 29.3. The summed E-state index contributed by atoms with van der Waals surface area (Å²) in [7, 11) is -10.7. The predicted molar refractivity (Wildman–Crippen MR) is 202 cm³/mol. The van der Waals surface area contributed by atoms with Crippen molar-refractivity contribution in [2.75, 3.05) is 10.6 Å². The standard InChI is InChI=1S/C33H31As2N5O15S2/c1-18(41)37-27-15-22(7-11-29(27)43)34(46,47)54-56(50,51)24-9-10-25-21(13-24)14-31(32(33(25)45)40-39-26-6-4-3-5-20(26)17-36)57(52,53)55-35(48,49)23-8-12-30(44)28(16-23)38-19(2)42/h3-16,43-45H,17,36H2,1-2H3,(H,37,41)(H,38,42)(H,46,47)(H,48,49). The van der Waals surface area contributed by atoms with Crippen molar-refractivity contribution in [3.05, 3.63) is 90.5 Å². The average Bonchev–Trinajstić information content (AvgIpc) is 3.11. The van der Waals surface area contributed by atoms with Gasteiger partial charge in [0.15, 0.2) is 0 Å². The molecule has 57 heavy (non-hydrogen) atoms. The number of aromatic hydroxyl groups is 3. The summed E-state index contributed by atoms with van der Waals surface area (Å²) in [6.07, 6.45) is 0. The van der Waals surface area contributed by atoms with E-state index in [-0.39, 0.29) is 29.0 Å². The molecule has 24 heteroatoms. The number of fused-ring (bicyclic) bond motifs is 1. The van der Waals surface area contributed by atoms with Crippen molar-refractivity contribution in [1.29, 1.82) is 0 Å². The van der Waals surface area contributed by atoms with Crippen LogP contribution in [0.3, 0.4) is 0 Å². The van der Waals surface area contributed by atoms with E-state index >= 15 is 0 Å². The fourth-order valence-electron chi connectivity index (χ4n) is 5.07. The van der Waals surface area contributed by atoms with Gasteiger partial charge in [0.05, 0.1) is 0 Å². The Morgan fingerprint density at radius 2 is 1.25 bits per heavy atom. The van der Waals surface area contributed by atoms with E-state index in [9.17, 15) is 57.4 Å². The van der Waals surface area contributed by atoms with Gasteiger partial charge in [-0.05, 0) is 0 Å². The number of phenolic OH excluding ortho intramolecular Hbond substituents is 3. The molecule has 5 aromatic carbocycles. The van der Waals surface area contributed by atoms with Crippen LogP contribution >= 0.6 is 0 Å². The zero-order chi connectivity index (χ0) is 42.1. The van der Waals surface area contributed by atoms with E-state index in [1.165, 1.54) is 6.07 Å². The first kappa shape index (κ1) is 42.9. The van der Waals surface area contributed by atoms with Gasteiger partial charge in [-0.3, -0.25) is 0 Å². The molecule has 0 saturated heterocycles.